The highest BCUT2D eigenvalue weighted by Gasteiger charge is 2.17. The summed E-state index contributed by atoms with van der Waals surface area (Å²) in [4.78, 5) is 3.43. The second-order valence-corrected chi connectivity index (χ2v) is 16.4. The van der Waals surface area contributed by atoms with Crippen molar-refractivity contribution in [2.75, 3.05) is 10.7 Å². The highest BCUT2D eigenvalue weighted by molar-refractivity contribution is 8.08. The second kappa shape index (κ2) is 16.9. The summed E-state index contributed by atoms with van der Waals surface area (Å²) < 4.78 is 29.8. The van der Waals surface area contributed by atoms with Crippen LogP contribution in [0, 0.1) is 11.6 Å². The minimum atomic E-state index is -0.257. The molecule has 8 aromatic carbocycles. The van der Waals surface area contributed by atoms with Gasteiger partial charge in [-0.2, -0.15) is 0 Å². The number of nitrogens with zero attached hydrogens (tertiary/aromatic N) is 2. The lowest BCUT2D eigenvalue weighted by Crippen LogP contribution is -2.09. The predicted molar refractivity (Wildman–Crippen MR) is 260 cm³/mol. The lowest BCUT2D eigenvalue weighted by Gasteiger charge is -2.26. The Morgan fingerprint density at radius 3 is 1.42 bits per heavy atom. The van der Waals surface area contributed by atoms with E-state index in [1.807, 2.05) is 17.8 Å². The van der Waals surface area contributed by atoms with E-state index < -0.39 is 0 Å². The van der Waals surface area contributed by atoms with Gasteiger partial charge < -0.3 is 9.47 Å². The number of rotatable bonds is 8. The Bertz CT molecular complexity index is 3070. The van der Waals surface area contributed by atoms with E-state index in [4.69, 9.17) is 0 Å². The lowest BCUT2D eigenvalue weighted by atomic mass is 10.0. The molecule has 9 aromatic rings. The van der Waals surface area contributed by atoms with Gasteiger partial charge >= 0.3 is 0 Å². The van der Waals surface area contributed by atoms with Crippen molar-refractivity contribution in [1.29, 1.82) is 0 Å². The Morgan fingerprint density at radius 2 is 0.903 bits per heavy atom. The first-order valence-corrected chi connectivity index (χ1v) is 21.6. The second-order valence-electron chi connectivity index (χ2n) is 15.3. The van der Waals surface area contributed by atoms with Crippen LogP contribution in [-0.4, -0.2) is 10.3 Å². The van der Waals surface area contributed by atoms with Gasteiger partial charge in [0.25, 0.3) is 0 Å². The van der Waals surface area contributed by atoms with E-state index in [-0.39, 0.29) is 11.6 Å². The molecule has 1 aromatic heterocycles. The number of para-hydroxylation sites is 1. The number of hydrogen-bond acceptors (Lipinski definition) is 2. The predicted octanol–water partition coefficient (Wildman–Crippen LogP) is 16.3. The van der Waals surface area contributed by atoms with E-state index in [1.54, 1.807) is 24.3 Å². The minimum absolute atomic E-state index is 0.257. The Labute approximate surface area is 364 Å². The third kappa shape index (κ3) is 7.82. The first kappa shape index (κ1) is 38.7. The summed E-state index contributed by atoms with van der Waals surface area (Å²) in [5.41, 5.74) is 14.7. The van der Waals surface area contributed by atoms with Crippen LogP contribution in [0.2, 0.25) is 0 Å². The molecule has 10 rings (SSSR count). The van der Waals surface area contributed by atoms with Gasteiger partial charge in [0.1, 0.15) is 11.6 Å². The number of allylic oxidation sites excluding steroid dienone is 5. The van der Waals surface area contributed by atoms with Crippen molar-refractivity contribution in [3.63, 3.8) is 0 Å². The molecule has 2 nitrogen and oxygen atoms in total. The van der Waals surface area contributed by atoms with Crippen molar-refractivity contribution < 1.29 is 8.78 Å². The molecular weight excluding hydrogens is 783 g/mol. The zero-order valence-corrected chi connectivity index (χ0v) is 34.6. The summed E-state index contributed by atoms with van der Waals surface area (Å²) >= 11 is 1.82. The molecule has 5 heteroatoms. The minimum Gasteiger partial charge on any atom is -0.311 e. The summed E-state index contributed by atoms with van der Waals surface area (Å²) in [7, 11) is 0. The molecule has 62 heavy (non-hydrogen) atoms. The average Bonchev–Trinajstić information content (AvgIpc) is 3.69. The van der Waals surface area contributed by atoms with E-state index in [0.29, 0.717) is 0 Å². The fraction of sp³-hybridized carbons (Fsp3) is 0.0175. The van der Waals surface area contributed by atoms with Crippen LogP contribution < -0.4 is 4.90 Å². The van der Waals surface area contributed by atoms with E-state index in [1.165, 1.54) is 45.5 Å². The van der Waals surface area contributed by atoms with Crippen molar-refractivity contribution in [3.8, 4) is 39.1 Å². The third-order valence-corrected chi connectivity index (χ3v) is 12.4. The summed E-state index contributed by atoms with van der Waals surface area (Å²) in [5.74, 6) is 0.369. The number of halogens is 2. The van der Waals surface area contributed by atoms with Gasteiger partial charge in [0.15, 0.2) is 0 Å². The zero-order valence-electron chi connectivity index (χ0n) is 33.8. The van der Waals surface area contributed by atoms with Crippen molar-refractivity contribution in [2.45, 2.75) is 0 Å². The standard InChI is InChI=1S/C57H40F2N2S/c1-39-8-4-3-7-35-62-57(36-39)46-22-34-56-54(38-46)53-37-45(21-33-55(53)61(56)49-9-5-2-6-10-49)44-19-31-52(32-20-44)60(50-27-15-42(16-28-50)40-11-23-47(58)24-12-40)51-29-17-43(18-30-51)41-13-25-48(59)26-14-41/h2-34,36-38H,1,35H2/b7-3-,8-4-,57-36?. The number of hydrogen-bond donors (Lipinski definition) is 0. The fourth-order valence-corrected chi connectivity index (χ4v) is 9.14. The van der Waals surface area contributed by atoms with Crippen LogP contribution in [0.1, 0.15) is 5.56 Å². The number of thioether (sulfide) groups is 1. The van der Waals surface area contributed by atoms with Crippen LogP contribution in [0.15, 0.2) is 231 Å². The molecular formula is C57H40F2N2S. The molecule has 0 atom stereocenters. The summed E-state index contributed by atoms with van der Waals surface area (Å²) in [5, 5.41) is 2.38. The van der Waals surface area contributed by atoms with Gasteiger partial charge in [-0.05, 0) is 148 Å². The molecule has 0 radical (unpaired) electrons. The molecule has 0 N–H and O–H groups in total. The first-order chi connectivity index (χ1) is 30.4. The van der Waals surface area contributed by atoms with Crippen molar-refractivity contribution in [1.82, 2.24) is 4.57 Å². The molecule has 0 bridgehead atoms. The van der Waals surface area contributed by atoms with Gasteiger partial charge in [-0.1, -0.05) is 122 Å². The van der Waals surface area contributed by atoms with Gasteiger partial charge in [-0.15, -0.1) is 11.8 Å². The van der Waals surface area contributed by atoms with Crippen LogP contribution in [0.3, 0.4) is 0 Å². The third-order valence-electron chi connectivity index (χ3n) is 11.3. The zero-order chi connectivity index (χ0) is 42.0. The molecule has 1 aliphatic rings. The van der Waals surface area contributed by atoms with Crippen molar-refractivity contribution >= 4 is 55.5 Å². The Balaban J connectivity index is 1.04. The van der Waals surface area contributed by atoms with E-state index in [9.17, 15) is 8.78 Å². The maximum absolute atomic E-state index is 13.7. The smallest absolute Gasteiger partial charge is 0.123 e. The molecule has 0 saturated heterocycles. The average molecular weight is 823 g/mol. The van der Waals surface area contributed by atoms with Gasteiger partial charge in [0, 0.05) is 44.2 Å². The van der Waals surface area contributed by atoms with Gasteiger partial charge in [0.2, 0.25) is 0 Å². The molecule has 0 spiro atoms. The molecule has 0 aliphatic carbocycles. The summed E-state index contributed by atoms with van der Waals surface area (Å²) in [6.45, 7) is 4.28. The van der Waals surface area contributed by atoms with Gasteiger partial charge in [0.05, 0.1) is 11.0 Å². The Morgan fingerprint density at radius 1 is 0.468 bits per heavy atom. The van der Waals surface area contributed by atoms with E-state index in [2.05, 4.69) is 180 Å². The molecule has 0 unspecified atom stereocenters. The maximum atomic E-state index is 13.7. The van der Waals surface area contributed by atoms with Gasteiger partial charge in [-0.25, -0.2) is 8.78 Å². The molecule has 0 saturated carbocycles. The van der Waals surface area contributed by atoms with Crippen LogP contribution in [0.5, 0.6) is 0 Å². The molecule has 0 amide bonds. The topological polar surface area (TPSA) is 8.17 Å². The Hall–Kier alpha value is -7.47. The molecule has 298 valence electrons. The van der Waals surface area contributed by atoms with Crippen LogP contribution in [-0.2, 0) is 0 Å². The molecule has 1 aliphatic heterocycles. The molecule has 0 fully saturated rings. The lowest BCUT2D eigenvalue weighted by molar-refractivity contribution is 0.627. The number of anilines is 3. The highest BCUT2D eigenvalue weighted by atomic mass is 32.2. The summed E-state index contributed by atoms with van der Waals surface area (Å²) in [6.07, 6.45) is 10.5. The molecule has 2 heterocycles. The number of benzene rings is 8. The number of aromatic nitrogens is 1. The fourth-order valence-electron chi connectivity index (χ4n) is 8.23. The SMILES string of the molecule is C=C1C=C(c2ccc3c(c2)c2cc(-c4ccc(N(c5ccc(-c6ccc(F)cc6)cc5)c5ccc(-c6ccc(F)cc6)cc5)cc4)ccc2n3-c2ccccc2)SC/C=C\C=C/1. The Kier molecular flexibility index (Phi) is 10.5. The maximum Gasteiger partial charge on any atom is 0.123 e. The first-order valence-electron chi connectivity index (χ1n) is 20.6. The van der Waals surface area contributed by atoms with Crippen LogP contribution in [0.4, 0.5) is 25.8 Å². The van der Waals surface area contributed by atoms with Crippen molar-refractivity contribution in [2.24, 2.45) is 0 Å². The van der Waals surface area contributed by atoms with Gasteiger partial charge in [-0.3, -0.25) is 0 Å². The number of fused-ring (bicyclic) bond motifs is 3. The highest BCUT2D eigenvalue weighted by Crippen LogP contribution is 2.41. The normalized spacial score (nSPS) is 13.9. The quantitative estimate of drug-likeness (QED) is 0.151. The van der Waals surface area contributed by atoms with Crippen LogP contribution >= 0.6 is 11.8 Å². The van der Waals surface area contributed by atoms with Crippen LogP contribution in [0.25, 0.3) is 65.8 Å². The van der Waals surface area contributed by atoms with Crippen molar-refractivity contribution in [3.05, 3.63) is 248 Å². The van der Waals surface area contributed by atoms with E-state index >= 15 is 0 Å². The monoisotopic (exact) mass is 822 g/mol. The van der Waals surface area contributed by atoms with E-state index in [0.717, 1.165) is 78.5 Å². The summed E-state index contributed by atoms with van der Waals surface area (Å²) in [6, 6.07) is 62.7. The largest absolute Gasteiger partial charge is 0.311 e.